The summed E-state index contributed by atoms with van der Waals surface area (Å²) < 4.78 is 28.6. The lowest BCUT2D eigenvalue weighted by Crippen LogP contribution is -2.45. The molecule has 0 aromatic rings. The van der Waals surface area contributed by atoms with Gasteiger partial charge < -0.3 is 29.0 Å². The van der Waals surface area contributed by atoms with Gasteiger partial charge in [0.15, 0.2) is 5.79 Å². The van der Waals surface area contributed by atoms with Crippen LogP contribution in [0.25, 0.3) is 0 Å². The fraction of sp³-hybridized carbons (Fsp3) is 0.895. The monoisotopic (exact) mass is 385 g/mol. The quantitative estimate of drug-likeness (QED) is 0.726. The molecule has 2 saturated carbocycles. The number of rotatable bonds is 5. The zero-order valence-electron chi connectivity index (χ0n) is 16.6. The third-order valence-corrected chi connectivity index (χ3v) is 5.06. The summed E-state index contributed by atoms with van der Waals surface area (Å²) in [7, 11) is 0. The van der Waals surface area contributed by atoms with Crippen molar-refractivity contribution < 1.29 is 33.3 Å². The van der Waals surface area contributed by atoms with Crippen LogP contribution < -0.4 is 5.32 Å². The van der Waals surface area contributed by atoms with E-state index in [1.807, 2.05) is 20.8 Å². The highest BCUT2D eigenvalue weighted by molar-refractivity contribution is 5.70. The highest BCUT2D eigenvalue weighted by Crippen LogP contribution is 2.47. The summed E-state index contributed by atoms with van der Waals surface area (Å²) in [6.07, 6.45) is 2.79. The number of amides is 1. The van der Waals surface area contributed by atoms with E-state index >= 15 is 0 Å². The standard InChI is InChI=1S/C19H31NO7/c1-5-23-14(21)11-24-13-10-12(20-17(22)27-18(2,3)4)15-16(13)26-19(25-15)8-6-7-9-19/h12-13,15-16H,5-11H2,1-4H3,(H,20,22)/t12-,13+,15+,16-/m1/s1. The predicted octanol–water partition coefficient (Wildman–Crippen LogP) is 2.29. The van der Waals surface area contributed by atoms with Crippen molar-refractivity contribution in [2.75, 3.05) is 13.2 Å². The molecule has 3 aliphatic rings. The van der Waals surface area contributed by atoms with Crippen LogP contribution in [0.4, 0.5) is 4.79 Å². The van der Waals surface area contributed by atoms with Crippen LogP contribution in [0.3, 0.4) is 0 Å². The summed E-state index contributed by atoms with van der Waals surface area (Å²) in [6.45, 7) is 7.37. The molecule has 4 atom stereocenters. The van der Waals surface area contributed by atoms with E-state index in [-0.39, 0.29) is 31.0 Å². The van der Waals surface area contributed by atoms with Crippen LogP contribution in [0.15, 0.2) is 0 Å². The molecule has 8 heteroatoms. The molecule has 1 amide bonds. The van der Waals surface area contributed by atoms with Gasteiger partial charge in [-0.1, -0.05) is 0 Å². The van der Waals surface area contributed by atoms with Crippen molar-refractivity contribution in [2.24, 2.45) is 0 Å². The lowest BCUT2D eigenvalue weighted by atomic mass is 10.2. The molecule has 0 unspecified atom stereocenters. The van der Waals surface area contributed by atoms with Crippen molar-refractivity contribution in [3.63, 3.8) is 0 Å². The third kappa shape index (κ3) is 4.92. The van der Waals surface area contributed by atoms with Crippen LogP contribution in [0.2, 0.25) is 0 Å². The minimum Gasteiger partial charge on any atom is -0.464 e. The van der Waals surface area contributed by atoms with Gasteiger partial charge in [-0.15, -0.1) is 0 Å². The van der Waals surface area contributed by atoms with Gasteiger partial charge in [0.2, 0.25) is 0 Å². The number of carbonyl (C=O) groups is 2. The van der Waals surface area contributed by atoms with Gasteiger partial charge in [0.25, 0.3) is 0 Å². The van der Waals surface area contributed by atoms with Crippen molar-refractivity contribution in [3.8, 4) is 0 Å². The van der Waals surface area contributed by atoms with Crippen LogP contribution in [0, 0.1) is 0 Å². The maximum Gasteiger partial charge on any atom is 0.407 e. The van der Waals surface area contributed by atoms with Crippen molar-refractivity contribution in [2.45, 2.75) is 95.5 Å². The van der Waals surface area contributed by atoms with Gasteiger partial charge in [0, 0.05) is 12.8 Å². The molecule has 0 aromatic carbocycles. The average Bonchev–Trinajstić information content (AvgIpc) is 3.23. The summed E-state index contributed by atoms with van der Waals surface area (Å²) in [5, 5.41) is 2.89. The Kier molecular flexibility index (Phi) is 5.98. The van der Waals surface area contributed by atoms with Gasteiger partial charge >= 0.3 is 12.1 Å². The Labute approximate surface area is 160 Å². The maximum atomic E-state index is 12.2. The minimum absolute atomic E-state index is 0.142. The van der Waals surface area contributed by atoms with E-state index in [1.54, 1.807) is 6.92 Å². The summed E-state index contributed by atoms with van der Waals surface area (Å²) in [5.41, 5.74) is -0.582. The zero-order valence-corrected chi connectivity index (χ0v) is 16.6. The second-order valence-electron chi connectivity index (χ2n) is 8.43. The zero-order chi connectivity index (χ0) is 19.7. The molecule has 154 valence electrons. The van der Waals surface area contributed by atoms with E-state index in [4.69, 9.17) is 23.7 Å². The first-order valence-corrected chi connectivity index (χ1v) is 9.84. The molecule has 27 heavy (non-hydrogen) atoms. The highest BCUT2D eigenvalue weighted by atomic mass is 16.8. The molecule has 1 N–H and O–H groups in total. The molecule has 1 heterocycles. The molecule has 1 spiro atoms. The van der Waals surface area contributed by atoms with Gasteiger partial charge in [-0.25, -0.2) is 9.59 Å². The molecular weight excluding hydrogens is 354 g/mol. The van der Waals surface area contributed by atoms with Crippen LogP contribution >= 0.6 is 0 Å². The SMILES string of the molecule is CCOC(=O)CO[C@H]1C[C@@H](NC(=O)OC(C)(C)C)[C@@H]2OC3(CCCC3)O[C@@H]21. The topological polar surface area (TPSA) is 92.3 Å². The number of alkyl carbamates (subject to hydrolysis) is 1. The smallest absolute Gasteiger partial charge is 0.407 e. The second kappa shape index (κ2) is 7.93. The number of hydrogen-bond acceptors (Lipinski definition) is 7. The van der Waals surface area contributed by atoms with Crippen molar-refractivity contribution >= 4 is 12.1 Å². The molecule has 1 saturated heterocycles. The summed E-state index contributed by atoms with van der Waals surface area (Å²) in [6, 6.07) is -0.294. The van der Waals surface area contributed by atoms with Crippen LogP contribution in [-0.2, 0) is 28.5 Å². The van der Waals surface area contributed by atoms with Crippen LogP contribution in [0.5, 0.6) is 0 Å². The molecule has 0 bridgehead atoms. The van der Waals surface area contributed by atoms with E-state index in [1.165, 1.54) is 0 Å². The Hall–Kier alpha value is -1.38. The van der Waals surface area contributed by atoms with Crippen LogP contribution in [-0.4, -0.2) is 61.0 Å². The van der Waals surface area contributed by atoms with Crippen molar-refractivity contribution in [1.82, 2.24) is 5.32 Å². The molecule has 1 aliphatic heterocycles. The number of nitrogens with one attached hydrogen (secondary N) is 1. The minimum atomic E-state index is -0.588. The second-order valence-corrected chi connectivity index (χ2v) is 8.43. The van der Waals surface area contributed by atoms with E-state index in [0.29, 0.717) is 13.0 Å². The number of ether oxygens (including phenoxy) is 5. The number of carbonyl (C=O) groups excluding carboxylic acids is 2. The first kappa shape index (κ1) is 20.4. The maximum absolute atomic E-state index is 12.2. The Morgan fingerprint density at radius 2 is 1.81 bits per heavy atom. The number of esters is 1. The van der Waals surface area contributed by atoms with E-state index in [0.717, 1.165) is 25.7 Å². The Bertz CT molecular complexity index is 553. The van der Waals surface area contributed by atoms with E-state index in [2.05, 4.69) is 5.32 Å². The Morgan fingerprint density at radius 1 is 1.15 bits per heavy atom. The fourth-order valence-electron chi connectivity index (χ4n) is 4.06. The van der Waals surface area contributed by atoms with E-state index in [9.17, 15) is 9.59 Å². The van der Waals surface area contributed by atoms with E-state index < -0.39 is 23.5 Å². The van der Waals surface area contributed by atoms with Gasteiger partial charge in [0.05, 0.1) is 18.8 Å². The summed E-state index contributed by atoms with van der Waals surface area (Å²) in [5.74, 6) is -0.998. The lowest BCUT2D eigenvalue weighted by Gasteiger charge is -2.27. The fourth-order valence-corrected chi connectivity index (χ4v) is 4.06. The lowest BCUT2D eigenvalue weighted by molar-refractivity contribution is -0.189. The number of hydrogen-bond donors (Lipinski definition) is 1. The summed E-state index contributed by atoms with van der Waals surface area (Å²) in [4.78, 5) is 23.9. The Balaban J connectivity index is 1.65. The summed E-state index contributed by atoms with van der Waals surface area (Å²) >= 11 is 0. The molecule has 2 aliphatic carbocycles. The molecule has 0 radical (unpaired) electrons. The molecule has 8 nitrogen and oxygen atoms in total. The van der Waals surface area contributed by atoms with Gasteiger partial charge in [-0.2, -0.15) is 0 Å². The highest BCUT2D eigenvalue weighted by Gasteiger charge is 2.58. The Morgan fingerprint density at radius 3 is 2.44 bits per heavy atom. The first-order chi connectivity index (χ1) is 12.7. The predicted molar refractivity (Wildman–Crippen MR) is 95.1 cm³/mol. The third-order valence-electron chi connectivity index (χ3n) is 5.06. The molecule has 3 fully saturated rings. The average molecular weight is 385 g/mol. The van der Waals surface area contributed by atoms with Crippen molar-refractivity contribution in [3.05, 3.63) is 0 Å². The van der Waals surface area contributed by atoms with Gasteiger partial charge in [-0.05, 0) is 47.0 Å². The van der Waals surface area contributed by atoms with Crippen LogP contribution in [0.1, 0.15) is 59.8 Å². The number of fused-ring (bicyclic) bond motifs is 1. The first-order valence-electron chi connectivity index (χ1n) is 9.84. The molecule has 3 rings (SSSR count). The largest absolute Gasteiger partial charge is 0.464 e. The van der Waals surface area contributed by atoms with Crippen molar-refractivity contribution in [1.29, 1.82) is 0 Å². The normalized spacial score (nSPS) is 31.7. The van der Waals surface area contributed by atoms with Gasteiger partial charge in [-0.3, -0.25) is 0 Å². The molecule has 0 aromatic heterocycles. The van der Waals surface area contributed by atoms with Gasteiger partial charge in [0.1, 0.15) is 24.4 Å². The molecular formula is C19H31NO7.